The van der Waals surface area contributed by atoms with E-state index in [0.29, 0.717) is 29.4 Å². The van der Waals surface area contributed by atoms with Crippen molar-refractivity contribution in [2.45, 2.75) is 25.5 Å². The molecule has 1 aliphatic rings. The molecule has 0 radical (unpaired) electrons. The zero-order valence-electron chi connectivity index (χ0n) is 14.5. The lowest BCUT2D eigenvalue weighted by molar-refractivity contribution is -0.0498. The molecule has 2 aromatic rings. The average molecular weight is 398 g/mol. The van der Waals surface area contributed by atoms with Crippen molar-refractivity contribution in [3.63, 3.8) is 0 Å². The van der Waals surface area contributed by atoms with Crippen LogP contribution in [-0.2, 0) is 0 Å². The van der Waals surface area contributed by atoms with E-state index in [9.17, 15) is 13.6 Å². The Kier molecular flexibility index (Phi) is 7.38. The van der Waals surface area contributed by atoms with Gasteiger partial charge in [-0.2, -0.15) is 8.78 Å². The molecule has 0 spiro atoms. The van der Waals surface area contributed by atoms with Crippen molar-refractivity contribution in [1.29, 1.82) is 0 Å². The van der Waals surface area contributed by atoms with Gasteiger partial charge in [0.2, 0.25) is 0 Å². The number of ether oxygens (including phenoxy) is 1. The Labute approximate surface area is 162 Å². The highest BCUT2D eigenvalue weighted by atomic mass is 35.5. The van der Waals surface area contributed by atoms with Gasteiger partial charge in [-0.15, -0.1) is 12.4 Å². The summed E-state index contributed by atoms with van der Waals surface area (Å²) in [7, 11) is 0. The predicted molar refractivity (Wildman–Crippen MR) is 103 cm³/mol. The Bertz CT molecular complexity index is 755. The lowest BCUT2D eigenvalue weighted by Gasteiger charge is -2.18. The number of nitrogens with two attached hydrogens (primary N) is 1. The Balaban J connectivity index is 0.00000261. The van der Waals surface area contributed by atoms with Crippen LogP contribution in [0.2, 0.25) is 0 Å². The van der Waals surface area contributed by atoms with E-state index in [1.165, 1.54) is 12.1 Å². The zero-order valence-corrected chi connectivity index (χ0v) is 15.3. The van der Waals surface area contributed by atoms with Gasteiger partial charge in [-0.1, -0.05) is 12.1 Å². The monoisotopic (exact) mass is 397 g/mol. The molecule has 0 aliphatic heterocycles. The second kappa shape index (κ2) is 9.53. The highest BCUT2D eigenvalue weighted by molar-refractivity contribution is 6.00. The molecule has 3 rings (SSSR count). The smallest absolute Gasteiger partial charge is 0.387 e. The Morgan fingerprint density at radius 2 is 1.81 bits per heavy atom. The SMILES string of the molecule is Cl.NCC(NC(=O)c1ccccc1Nc1ccc(OC(F)F)cc1)C1CC1. The van der Waals surface area contributed by atoms with Crippen LogP contribution in [0.25, 0.3) is 0 Å². The second-order valence-electron chi connectivity index (χ2n) is 6.23. The first-order valence-electron chi connectivity index (χ1n) is 8.48. The van der Waals surface area contributed by atoms with E-state index >= 15 is 0 Å². The molecule has 4 N–H and O–H groups in total. The molecule has 0 heterocycles. The van der Waals surface area contributed by atoms with Crippen LogP contribution in [0.4, 0.5) is 20.2 Å². The van der Waals surface area contributed by atoms with E-state index in [4.69, 9.17) is 5.73 Å². The van der Waals surface area contributed by atoms with E-state index in [-0.39, 0.29) is 30.1 Å². The molecular weight excluding hydrogens is 376 g/mol. The number of para-hydroxylation sites is 1. The van der Waals surface area contributed by atoms with Gasteiger partial charge in [0.25, 0.3) is 5.91 Å². The van der Waals surface area contributed by atoms with Gasteiger partial charge in [-0.05, 0) is 55.2 Å². The van der Waals surface area contributed by atoms with Gasteiger partial charge in [0, 0.05) is 18.3 Å². The third kappa shape index (κ3) is 5.80. The molecule has 1 atom stereocenters. The van der Waals surface area contributed by atoms with Crippen molar-refractivity contribution in [3.8, 4) is 5.75 Å². The van der Waals surface area contributed by atoms with Crippen molar-refractivity contribution in [1.82, 2.24) is 5.32 Å². The summed E-state index contributed by atoms with van der Waals surface area (Å²) < 4.78 is 28.8. The standard InChI is InChI=1S/C19H21F2N3O2.ClH/c20-19(21)26-14-9-7-13(8-10-14)23-16-4-2-1-3-15(16)18(25)24-17(11-22)12-5-6-12;/h1-4,7-10,12,17,19,23H,5-6,11,22H2,(H,24,25);1H. The minimum atomic E-state index is -2.86. The number of hydrogen-bond donors (Lipinski definition) is 3. The molecule has 1 amide bonds. The van der Waals surface area contributed by atoms with Crippen LogP contribution in [0, 0.1) is 5.92 Å². The highest BCUT2D eigenvalue weighted by Crippen LogP contribution is 2.32. The molecule has 1 aliphatic carbocycles. The summed E-state index contributed by atoms with van der Waals surface area (Å²) in [6.07, 6.45) is 2.18. The summed E-state index contributed by atoms with van der Waals surface area (Å²) in [5.41, 5.74) is 7.54. The Morgan fingerprint density at radius 1 is 1.15 bits per heavy atom. The first kappa shape index (κ1) is 20.9. The lowest BCUT2D eigenvalue weighted by Crippen LogP contribution is -2.41. The summed E-state index contributed by atoms with van der Waals surface area (Å²) in [6.45, 7) is -2.45. The van der Waals surface area contributed by atoms with E-state index in [1.807, 2.05) is 6.07 Å². The molecular formula is C19H22ClF2N3O2. The molecule has 5 nitrogen and oxygen atoms in total. The Hall–Kier alpha value is -2.38. The molecule has 146 valence electrons. The fourth-order valence-corrected chi connectivity index (χ4v) is 2.78. The molecule has 0 saturated heterocycles. The summed E-state index contributed by atoms with van der Waals surface area (Å²) in [5.74, 6) is 0.353. The van der Waals surface area contributed by atoms with Crippen molar-refractivity contribution in [2.75, 3.05) is 11.9 Å². The van der Waals surface area contributed by atoms with Crippen LogP contribution >= 0.6 is 12.4 Å². The molecule has 27 heavy (non-hydrogen) atoms. The molecule has 0 bridgehead atoms. The summed E-state index contributed by atoms with van der Waals surface area (Å²) >= 11 is 0. The number of rotatable bonds is 8. The third-order valence-corrected chi connectivity index (χ3v) is 4.29. The maximum Gasteiger partial charge on any atom is 0.387 e. The number of anilines is 2. The van der Waals surface area contributed by atoms with E-state index in [1.54, 1.807) is 30.3 Å². The molecule has 8 heteroatoms. The van der Waals surface area contributed by atoms with Gasteiger partial charge >= 0.3 is 6.61 Å². The van der Waals surface area contributed by atoms with Gasteiger partial charge in [0.15, 0.2) is 0 Å². The van der Waals surface area contributed by atoms with Gasteiger partial charge < -0.3 is 21.1 Å². The van der Waals surface area contributed by atoms with Crippen LogP contribution in [0.15, 0.2) is 48.5 Å². The summed E-state index contributed by atoms with van der Waals surface area (Å²) in [4.78, 5) is 12.6. The minimum Gasteiger partial charge on any atom is -0.435 e. The van der Waals surface area contributed by atoms with Crippen LogP contribution in [0.5, 0.6) is 5.75 Å². The first-order valence-corrected chi connectivity index (χ1v) is 8.48. The van der Waals surface area contributed by atoms with Crippen molar-refractivity contribution in [2.24, 2.45) is 11.7 Å². The fraction of sp³-hybridized carbons (Fsp3) is 0.316. The number of hydrogen-bond acceptors (Lipinski definition) is 4. The minimum absolute atomic E-state index is 0. The number of nitrogens with one attached hydrogen (secondary N) is 2. The van der Waals surface area contributed by atoms with Crippen LogP contribution in [0.3, 0.4) is 0 Å². The number of carbonyl (C=O) groups excluding carboxylic acids is 1. The number of carbonyl (C=O) groups is 1. The number of halogens is 3. The van der Waals surface area contributed by atoms with Gasteiger partial charge in [-0.25, -0.2) is 0 Å². The van der Waals surface area contributed by atoms with Crippen molar-refractivity contribution < 1.29 is 18.3 Å². The third-order valence-electron chi connectivity index (χ3n) is 4.29. The predicted octanol–water partition coefficient (Wildman–Crippen LogP) is 3.92. The number of benzene rings is 2. The van der Waals surface area contributed by atoms with Gasteiger partial charge in [0.1, 0.15) is 5.75 Å². The van der Waals surface area contributed by atoms with Crippen molar-refractivity contribution in [3.05, 3.63) is 54.1 Å². The number of amides is 1. The molecule has 1 unspecified atom stereocenters. The topological polar surface area (TPSA) is 76.4 Å². The van der Waals surface area contributed by atoms with Gasteiger partial charge in [0.05, 0.1) is 11.3 Å². The number of alkyl halides is 2. The first-order chi connectivity index (χ1) is 12.6. The van der Waals surface area contributed by atoms with Crippen LogP contribution in [-0.4, -0.2) is 25.1 Å². The normalized spacial score (nSPS) is 14.2. The molecule has 1 fully saturated rings. The van der Waals surface area contributed by atoms with E-state index in [2.05, 4.69) is 15.4 Å². The average Bonchev–Trinajstić information content (AvgIpc) is 3.46. The quantitative estimate of drug-likeness (QED) is 0.631. The Morgan fingerprint density at radius 3 is 2.41 bits per heavy atom. The van der Waals surface area contributed by atoms with E-state index in [0.717, 1.165) is 12.8 Å². The summed E-state index contributed by atoms with van der Waals surface area (Å²) in [5, 5.41) is 6.13. The zero-order chi connectivity index (χ0) is 18.5. The lowest BCUT2D eigenvalue weighted by atomic mass is 10.1. The molecule has 0 aromatic heterocycles. The summed E-state index contributed by atoms with van der Waals surface area (Å²) in [6, 6.07) is 13.2. The maximum absolute atomic E-state index is 12.6. The maximum atomic E-state index is 12.6. The second-order valence-corrected chi connectivity index (χ2v) is 6.23. The largest absolute Gasteiger partial charge is 0.435 e. The molecule has 2 aromatic carbocycles. The highest BCUT2D eigenvalue weighted by Gasteiger charge is 2.31. The molecule has 1 saturated carbocycles. The van der Waals surface area contributed by atoms with Crippen LogP contribution in [0.1, 0.15) is 23.2 Å². The van der Waals surface area contributed by atoms with Crippen LogP contribution < -0.4 is 21.1 Å². The van der Waals surface area contributed by atoms with Crippen molar-refractivity contribution >= 4 is 29.7 Å². The fourth-order valence-electron chi connectivity index (χ4n) is 2.78. The van der Waals surface area contributed by atoms with Gasteiger partial charge in [-0.3, -0.25) is 4.79 Å². The van der Waals surface area contributed by atoms with E-state index < -0.39 is 6.61 Å².